The molecule has 1 aromatic rings. The summed E-state index contributed by atoms with van der Waals surface area (Å²) in [6, 6.07) is 7.91. The third-order valence-corrected chi connectivity index (χ3v) is 3.17. The van der Waals surface area contributed by atoms with Crippen molar-refractivity contribution in [3.05, 3.63) is 29.8 Å². The maximum Gasteiger partial charge on any atom is 0.224 e. The van der Waals surface area contributed by atoms with Crippen LogP contribution in [0.1, 0.15) is 46.1 Å². The van der Waals surface area contributed by atoms with Crippen LogP contribution >= 0.6 is 0 Å². The van der Waals surface area contributed by atoms with Gasteiger partial charge in [0.1, 0.15) is 0 Å². The Bertz CT molecular complexity index is 418. The summed E-state index contributed by atoms with van der Waals surface area (Å²) < 4.78 is 0. The summed E-state index contributed by atoms with van der Waals surface area (Å²) >= 11 is 0. The molecule has 0 fully saturated rings. The summed E-state index contributed by atoms with van der Waals surface area (Å²) in [5, 5.41) is 2.96. The number of anilines is 1. The van der Waals surface area contributed by atoms with Crippen molar-refractivity contribution in [2.75, 3.05) is 11.9 Å². The number of amides is 1. The van der Waals surface area contributed by atoms with Crippen LogP contribution in [0, 0.1) is 11.3 Å². The SMILES string of the molecule is CC(CC(=O)Nc1ccc(CCN)cc1)CC(C)(C)C. The lowest BCUT2D eigenvalue weighted by Crippen LogP contribution is -2.18. The first-order chi connectivity index (χ1) is 9.30. The van der Waals surface area contributed by atoms with Gasteiger partial charge < -0.3 is 11.1 Å². The standard InChI is InChI=1S/C17H28N2O/c1-13(12-17(2,3)4)11-16(20)19-15-7-5-14(6-8-15)9-10-18/h5-8,13H,9-12,18H2,1-4H3,(H,19,20). The second-order valence-electron chi connectivity index (χ2n) is 6.86. The van der Waals surface area contributed by atoms with E-state index in [9.17, 15) is 4.79 Å². The average Bonchev–Trinajstić information content (AvgIpc) is 2.29. The molecule has 3 heteroatoms. The number of hydrogen-bond acceptors (Lipinski definition) is 2. The molecule has 0 aliphatic rings. The minimum atomic E-state index is 0.0910. The lowest BCUT2D eigenvalue weighted by Gasteiger charge is -2.22. The van der Waals surface area contributed by atoms with Gasteiger partial charge in [-0.15, -0.1) is 0 Å². The van der Waals surface area contributed by atoms with Crippen LogP contribution in [0.4, 0.5) is 5.69 Å². The lowest BCUT2D eigenvalue weighted by atomic mass is 9.84. The van der Waals surface area contributed by atoms with Crippen molar-refractivity contribution in [2.24, 2.45) is 17.1 Å². The van der Waals surface area contributed by atoms with E-state index in [1.54, 1.807) is 0 Å². The van der Waals surface area contributed by atoms with Gasteiger partial charge in [-0.05, 0) is 48.4 Å². The molecule has 1 amide bonds. The summed E-state index contributed by atoms with van der Waals surface area (Å²) in [6.07, 6.45) is 2.49. The Hall–Kier alpha value is -1.35. The first kappa shape index (κ1) is 16.7. The molecule has 0 aliphatic carbocycles. The fourth-order valence-electron chi connectivity index (χ4n) is 2.57. The minimum Gasteiger partial charge on any atom is -0.330 e. The molecule has 1 atom stereocenters. The average molecular weight is 276 g/mol. The van der Waals surface area contributed by atoms with E-state index in [1.807, 2.05) is 24.3 Å². The minimum absolute atomic E-state index is 0.0910. The molecular formula is C17H28N2O. The Balaban J connectivity index is 2.45. The third kappa shape index (κ3) is 6.71. The first-order valence-corrected chi connectivity index (χ1v) is 7.39. The predicted molar refractivity (Wildman–Crippen MR) is 85.7 cm³/mol. The zero-order chi connectivity index (χ0) is 15.2. The normalized spacial score (nSPS) is 13.1. The molecule has 0 aliphatic heterocycles. The van der Waals surface area contributed by atoms with E-state index in [0.29, 0.717) is 18.9 Å². The van der Waals surface area contributed by atoms with Gasteiger partial charge in [-0.2, -0.15) is 0 Å². The summed E-state index contributed by atoms with van der Waals surface area (Å²) in [5.41, 5.74) is 7.84. The summed E-state index contributed by atoms with van der Waals surface area (Å²) in [7, 11) is 0. The quantitative estimate of drug-likeness (QED) is 0.834. The monoisotopic (exact) mass is 276 g/mol. The van der Waals surface area contributed by atoms with Crippen LogP contribution < -0.4 is 11.1 Å². The molecule has 0 aromatic heterocycles. The molecule has 0 bridgehead atoms. The topological polar surface area (TPSA) is 55.1 Å². The van der Waals surface area contributed by atoms with Crippen molar-refractivity contribution in [3.63, 3.8) is 0 Å². The van der Waals surface area contributed by atoms with E-state index in [2.05, 4.69) is 33.0 Å². The smallest absolute Gasteiger partial charge is 0.224 e. The maximum absolute atomic E-state index is 12.0. The van der Waals surface area contributed by atoms with Crippen LogP contribution in [-0.4, -0.2) is 12.5 Å². The van der Waals surface area contributed by atoms with Gasteiger partial charge in [0.15, 0.2) is 0 Å². The molecule has 0 radical (unpaired) electrons. The van der Waals surface area contributed by atoms with Gasteiger partial charge in [0.25, 0.3) is 0 Å². The Morgan fingerprint density at radius 2 is 1.85 bits per heavy atom. The Kier molecular flexibility index (Phi) is 6.21. The molecular weight excluding hydrogens is 248 g/mol. The molecule has 1 rings (SSSR count). The molecule has 112 valence electrons. The summed E-state index contributed by atoms with van der Waals surface area (Å²) in [4.78, 5) is 12.0. The van der Waals surface area contributed by atoms with Crippen molar-refractivity contribution in [2.45, 2.75) is 47.0 Å². The van der Waals surface area contributed by atoms with Gasteiger partial charge in [0.2, 0.25) is 5.91 Å². The molecule has 0 saturated heterocycles. The van der Waals surface area contributed by atoms with Gasteiger partial charge >= 0.3 is 0 Å². The van der Waals surface area contributed by atoms with Crippen molar-refractivity contribution >= 4 is 11.6 Å². The van der Waals surface area contributed by atoms with Gasteiger partial charge in [0, 0.05) is 12.1 Å². The molecule has 20 heavy (non-hydrogen) atoms. The maximum atomic E-state index is 12.0. The van der Waals surface area contributed by atoms with E-state index in [-0.39, 0.29) is 11.3 Å². The van der Waals surface area contributed by atoms with Gasteiger partial charge in [-0.25, -0.2) is 0 Å². The van der Waals surface area contributed by atoms with Crippen LogP contribution in [-0.2, 0) is 11.2 Å². The first-order valence-electron chi connectivity index (χ1n) is 7.39. The van der Waals surface area contributed by atoms with Crippen LogP contribution in [0.15, 0.2) is 24.3 Å². The van der Waals surface area contributed by atoms with Crippen molar-refractivity contribution < 1.29 is 4.79 Å². The van der Waals surface area contributed by atoms with E-state index in [1.165, 1.54) is 5.56 Å². The number of rotatable bonds is 6. The molecule has 1 aromatic carbocycles. The fraction of sp³-hybridized carbons (Fsp3) is 0.588. The van der Waals surface area contributed by atoms with E-state index < -0.39 is 0 Å². The van der Waals surface area contributed by atoms with E-state index >= 15 is 0 Å². The highest BCUT2D eigenvalue weighted by Crippen LogP contribution is 2.26. The summed E-state index contributed by atoms with van der Waals surface area (Å²) in [6.45, 7) is 9.40. The van der Waals surface area contributed by atoms with Crippen molar-refractivity contribution in [1.29, 1.82) is 0 Å². The number of nitrogens with two attached hydrogens (primary N) is 1. The number of carbonyl (C=O) groups excluding carboxylic acids is 1. The number of carbonyl (C=O) groups is 1. The highest BCUT2D eigenvalue weighted by atomic mass is 16.1. The second kappa shape index (κ2) is 7.44. The molecule has 0 heterocycles. The van der Waals surface area contributed by atoms with Gasteiger partial charge in [-0.1, -0.05) is 39.8 Å². The van der Waals surface area contributed by atoms with Crippen molar-refractivity contribution in [1.82, 2.24) is 0 Å². The van der Waals surface area contributed by atoms with Gasteiger partial charge in [-0.3, -0.25) is 4.79 Å². The number of nitrogens with one attached hydrogen (secondary N) is 1. The van der Waals surface area contributed by atoms with Crippen LogP contribution in [0.2, 0.25) is 0 Å². The zero-order valence-electron chi connectivity index (χ0n) is 13.2. The Labute approximate surface area is 122 Å². The Morgan fingerprint density at radius 3 is 2.35 bits per heavy atom. The molecule has 3 nitrogen and oxygen atoms in total. The highest BCUT2D eigenvalue weighted by Gasteiger charge is 2.17. The summed E-state index contributed by atoms with van der Waals surface area (Å²) in [5.74, 6) is 0.486. The highest BCUT2D eigenvalue weighted by molar-refractivity contribution is 5.90. The number of hydrogen-bond donors (Lipinski definition) is 2. The number of benzene rings is 1. The van der Waals surface area contributed by atoms with Gasteiger partial charge in [0.05, 0.1) is 0 Å². The van der Waals surface area contributed by atoms with E-state index in [4.69, 9.17) is 5.73 Å². The fourth-order valence-corrected chi connectivity index (χ4v) is 2.57. The van der Waals surface area contributed by atoms with E-state index in [0.717, 1.165) is 18.5 Å². The molecule has 0 spiro atoms. The van der Waals surface area contributed by atoms with Crippen LogP contribution in [0.3, 0.4) is 0 Å². The molecule has 0 saturated carbocycles. The zero-order valence-corrected chi connectivity index (χ0v) is 13.2. The second-order valence-corrected chi connectivity index (χ2v) is 6.86. The third-order valence-electron chi connectivity index (χ3n) is 3.17. The van der Waals surface area contributed by atoms with Crippen LogP contribution in [0.5, 0.6) is 0 Å². The van der Waals surface area contributed by atoms with Crippen LogP contribution in [0.25, 0.3) is 0 Å². The molecule has 3 N–H and O–H groups in total. The largest absolute Gasteiger partial charge is 0.330 e. The Morgan fingerprint density at radius 1 is 1.25 bits per heavy atom. The van der Waals surface area contributed by atoms with Crippen molar-refractivity contribution in [3.8, 4) is 0 Å². The predicted octanol–water partition coefficient (Wildman–Crippen LogP) is 3.59. The molecule has 1 unspecified atom stereocenters. The lowest BCUT2D eigenvalue weighted by molar-refractivity contribution is -0.117.